The van der Waals surface area contributed by atoms with Gasteiger partial charge in [0.2, 0.25) is 11.8 Å². The van der Waals surface area contributed by atoms with Gasteiger partial charge in [0.1, 0.15) is 6.20 Å². The topological polar surface area (TPSA) is 87.4 Å². The van der Waals surface area contributed by atoms with E-state index in [1.807, 2.05) is 30.8 Å². The van der Waals surface area contributed by atoms with Gasteiger partial charge in [-0.2, -0.15) is 4.98 Å². The van der Waals surface area contributed by atoms with Gasteiger partial charge in [-0.25, -0.2) is 4.98 Å². The highest BCUT2D eigenvalue weighted by Gasteiger charge is 2.22. The second-order valence-corrected chi connectivity index (χ2v) is 4.70. The van der Waals surface area contributed by atoms with E-state index in [4.69, 9.17) is 0 Å². The fourth-order valence-corrected chi connectivity index (χ4v) is 1.76. The molecule has 8 heteroatoms. The van der Waals surface area contributed by atoms with Crippen LogP contribution < -0.4 is 10.2 Å². The van der Waals surface area contributed by atoms with Gasteiger partial charge < -0.3 is 15.1 Å². The largest absolute Gasteiger partial charge is 0.357 e. The van der Waals surface area contributed by atoms with Crippen LogP contribution in [-0.2, 0) is 0 Å². The van der Waals surface area contributed by atoms with Crippen LogP contribution in [0.4, 0.5) is 17.5 Å². The van der Waals surface area contributed by atoms with Gasteiger partial charge in [0, 0.05) is 26.7 Å². The average molecular weight is 282 g/mol. The van der Waals surface area contributed by atoms with Crippen molar-refractivity contribution in [3.05, 3.63) is 16.3 Å². The van der Waals surface area contributed by atoms with Gasteiger partial charge in [-0.15, -0.1) is 0 Å². The van der Waals surface area contributed by atoms with Crippen LogP contribution in [0.2, 0.25) is 0 Å². The summed E-state index contributed by atoms with van der Waals surface area (Å²) >= 11 is 0. The molecule has 1 N–H and O–H groups in total. The SMILES string of the molecule is CCCN(CCN(C)C)c1nc(NC)ncc1[N+](=O)[O-]. The highest BCUT2D eigenvalue weighted by Crippen LogP contribution is 2.26. The summed E-state index contributed by atoms with van der Waals surface area (Å²) in [4.78, 5) is 22.8. The predicted octanol–water partition coefficient (Wildman–Crippen LogP) is 1.20. The van der Waals surface area contributed by atoms with Crippen molar-refractivity contribution in [3.63, 3.8) is 0 Å². The standard InChI is InChI=1S/C12H22N6O2/c1-5-6-17(8-7-16(3)4)11-10(18(19)20)9-14-12(13-2)15-11/h9H,5-8H2,1-4H3,(H,13,14,15). The third kappa shape index (κ3) is 4.30. The van der Waals surface area contributed by atoms with Gasteiger partial charge in [0.25, 0.3) is 0 Å². The zero-order valence-electron chi connectivity index (χ0n) is 12.5. The number of nitrogens with one attached hydrogen (secondary N) is 1. The minimum atomic E-state index is -0.437. The van der Waals surface area contributed by atoms with Gasteiger partial charge >= 0.3 is 5.69 Å². The summed E-state index contributed by atoms with van der Waals surface area (Å²) in [6, 6.07) is 0. The van der Waals surface area contributed by atoms with E-state index in [0.29, 0.717) is 18.3 Å². The fourth-order valence-electron chi connectivity index (χ4n) is 1.76. The minimum absolute atomic E-state index is 0.0591. The molecular formula is C12H22N6O2. The van der Waals surface area contributed by atoms with E-state index in [-0.39, 0.29) is 5.69 Å². The van der Waals surface area contributed by atoms with Gasteiger partial charge in [0.05, 0.1) is 4.92 Å². The molecule has 0 radical (unpaired) electrons. The Balaban J connectivity index is 3.10. The third-order valence-corrected chi connectivity index (χ3v) is 2.78. The summed E-state index contributed by atoms with van der Waals surface area (Å²) in [5.41, 5.74) is -0.0591. The van der Waals surface area contributed by atoms with Crippen LogP contribution in [0.5, 0.6) is 0 Å². The maximum Gasteiger partial charge on any atom is 0.329 e. The van der Waals surface area contributed by atoms with Crippen molar-refractivity contribution in [1.82, 2.24) is 14.9 Å². The molecule has 0 aliphatic heterocycles. The van der Waals surface area contributed by atoms with Crippen molar-refractivity contribution in [2.45, 2.75) is 13.3 Å². The van der Waals surface area contributed by atoms with Crippen LogP contribution in [-0.4, -0.2) is 60.6 Å². The van der Waals surface area contributed by atoms with Crippen molar-refractivity contribution >= 4 is 17.5 Å². The van der Waals surface area contributed by atoms with E-state index in [0.717, 1.165) is 19.5 Å². The molecule has 20 heavy (non-hydrogen) atoms. The molecule has 0 aliphatic carbocycles. The first kappa shape index (κ1) is 16.1. The second-order valence-electron chi connectivity index (χ2n) is 4.70. The Morgan fingerprint density at radius 2 is 2.05 bits per heavy atom. The molecule has 0 spiro atoms. The third-order valence-electron chi connectivity index (χ3n) is 2.78. The first-order chi connectivity index (χ1) is 9.49. The Hall–Kier alpha value is -1.96. The fraction of sp³-hybridized carbons (Fsp3) is 0.667. The Bertz CT molecular complexity index is 452. The lowest BCUT2D eigenvalue weighted by molar-refractivity contribution is -0.384. The van der Waals surface area contributed by atoms with Crippen molar-refractivity contribution in [3.8, 4) is 0 Å². The molecule has 0 saturated heterocycles. The van der Waals surface area contributed by atoms with E-state index in [1.165, 1.54) is 6.20 Å². The van der Waals surface area contributed by atoms with Crippen molar-refractivity contribution in [1.29, 1.82) is 0 Å². The molecule has 0 saturated carbocycles. The molecule has 0 amide bonds. The quantitative estimate of drug-likeness (QED) is 0.566. The molecule has 0 bridgehead atoms. The zero-order chi connectivity index (χ0) is 15.1. The first-order valence-electron chi connectivity index (χ1n) is 6.58. The molecule has 1 aromatic heterocycles. The molecule has 1 heterocycles. The molecule has 1 aromatic rings. The van der Waals surface area contributed by atoms with Gasteiger partial charge in [-0.1, -0.05) is 6.92 Å². The van der Waals surface area contributed by atoms with E-state index in [1.54, 1.807) is 7.05 Å². The molecule has 0 aliphatic rings. The van der Waals surface area contributed by atoms with Gasteiger partial charge in [-0.05, 0) is 20.5 Å². The monoisotopic (exact) mass is 282 g/mol. The lowest BCUT2D eigenvalue weighted by Crippen LogP contribution is -2.33. The minimum Gasteiger partial charge on any atom is -0.357 e. The summed E-state index contributed by atoms with van der Waals surface area (Å²) in [5, 5.41) is 13.9. The number of aromatic nitrogens is 2. The van der Waals surface area contributed by atoms with E-state index < -0.39 is 4.92 Å². The average Bonchev–Trinajstić information content (AvgIpc) is 2.42. The maximum absolute atomic E-state index is 11.1. The Morgan fingerprint density at radius 3 is 2.55 bits per heavy atom. The Morgan fingerprint density at radius 1 is 1.35 bits per heavy atom. The summed E-state index contributed by atoms with van der Waals surface area (Å²) in [6.45, 7) is 4.24. The van der Waals surface area contributed by atoms with Crippen molar-refractivity contribution in [2.75, 3.05) is 51.0 Å². The number of hydrogen-bond donors (Lipinski definition) is 1. The van der Waals surface area contributed by atoms with E-state index in [9.17, 15) is 10.1 Å². The van der Waals surface area contributed by atoms with Crippen LogP contribution in [0.15, 0.2) is 6.20 Å². The molecule has 0 unspecified atom stereocenters. The Kier molecular flexibility index (Phi) is 6.10. The highest BCUT2D eigenvalue weighted by molar-refractivity contribution is 5.58. The maximum atomic E-state index is 11.1. The van der Waals surface area contributed by atoms with Crippen LogP contribution in [0.25, 0.3) is 0 Å². The van der Waals surface area contributed by atoms with Crippen LogP contribution in [0.3, 0.4) is 0 Å². The number of hydrogen-bond acceptors (Lipinski definition) is 7. The number of nitro groups is 1. The highest BCUT2D eigenvalue weighted by atomic mass is 16.6. The number of nitrogens with zero attached hydrogens (tertiary/aromatic N) is 5. The number of likely N-dealkylation sites (N-methyl/N-ethyl adjacent to an activating group) is 1. The van der Waals surface area contributed by atoms with Crippen molar-refractivity contribution in [2.24, 2.45) is 0 Å². The number of rotatable bonds is 8. The molecular weight excluding hydrogens is 260 g/mol. The number of anilines is 2. The second kappa shape index (κ2) is 7.59. The summed E-state index contributed by atoms with van der Waals surface area (Å²) in [6.07, 6.45) is 2.15. The van der Waals surface area contributed by atoms with E-state index >= 15 is 0 Å². The molecule has 112 valence electrons. The summed E-state index contributed by atoms with van der Waals surface area (Å²) in [5.74, 6) is 0.759. The van der Waals surface area contributed by atoms with Crippen LogP contribution in [0.1, 0.15) is 13.3 Å². The lowest BCUT2D eigenvalue weighted by atomic mass is 10.3. The molecule has 1 rings (SSSR count). The molecule has 8 nitrogen and oxygen atoms in total. The molecule has 0 aromatic carbocycles. The summed E-state index contributed by atoms with van der Waals surface area (Å²) < 4.78 is 0. The van der Waals surface area contributed by atoms with E-state index in [2.05, 4.69) is 15.3 Å². The lowest BCUT2D eigenvalue weighted by Gasteiger charge is -2.24. The zero-order valence-corrected chi connectivity index (χ0v) is 12.5. The van der Waals surface area contributed by atoms with Gasteiger partial charge in [0.15, 0.2) is 0 Å². The normalized spacial score (nSPS) is 10.7. The summed E-state index contributed by atoms with van der Waals surface area (Å²) in [7, 11) is 5.63. The smallest absolute Gasteiger partial charge is 0.329 e. The van der Waals surface area contributed by atoms with Crippen LogP contribution in [0, 0.1) is 10.1 Å². The molecule has 0 atom stereocenters. The predicted molar refractivity (Wildman–Crippen MR) is 79.3 cm³/mol. The molecule has 0 fully saturated rings. The Labute approximate surface area is 119 Å². The van der Waals surface area contributed by atoms with Gasteiger partial charge in [-0.3, -0.25) is 10.1 Å². The first-order valence-corrected chi connectivity index (χ1v) is 6.58. The van der Waals surface area contributed by atoms with Crippen molar-refractivity contribution < 1.29 is 4.92 Å². The van der Waals surface area contributed by atoms with Crippen LogP contribution >= 0.6 is 0 Å².